The van der Waals surface area contributed by atoms with Crippen molar-refractivity contribution in [3.05, 3.63) is 0 Å². The minimum atomic E-state index is 0.188. The largest absolute Gasteiger partial charge is 0.370 e. The maximum atomic E-state index is 7.36. The van der Waals surface area contributed by atoms with Gasteiger partial charge >= 0.3 is 0 Å². The number of nitrogens with zero attached hydrogens (tertiary/aromatic N) is 9. The third-order valence-electron chi connectivity index (χ3n) is 16.3. The van der Waals surface area contributed by atoms with Gasteiger partial charge in [0.05, 0.1) is 6.04 Å². The van der Waals surface area contributed by atoms with E-state index in [2.05, 4.69) is 180 Å². The molecule has 6 aliphatic rings. The lowest BCUT2D eigenvalue weighted by molar-refractivity contribution is 0.136. The first-order valence-electron chi connectivity index (χ1n) is 29.8. The maximum absolute atomic E-state index is 7.36. The van der Waals surface area contributed by atoms with Crippen molar-refractivity contribution >= 4 is 11.9 Å². The smallest absolute Gasteiger partial charge is 0.188 e. The molecule has 0 spiro atoms. The van der Waals surface area contributed by atoms with Crippen LogP contribution in [-0.4, -0.2) is 250 Å². The van der Waals surface area contributed by atoms with Crippen LogP contribution in [0.25, 0.3) is 0 Å². The summed E-state index contributed by atoms with van der Waals surface area (Å²) < 4.78 is 0. The van der Waals surface area contributed by atoms with Gasteiger partial charge < -0.3 is 73.2 Å². The number of nitrogens with two attached hydrogens (primary N) is 4. The molecule has 6 heterocycles. The van der Waals surface area contributed by atoms with Gasteiger partial charge in [0.1, 0.15) is 0 Å². The van der Waals surface area contributed by atoms with Crippen molar-refractivity contribution < 1.29 is 0 Å². The molecule has 6 saturated heterocycles. The Morgan fingerprint density at radius 3 is 0.986 bits per heavy atom. The molecule has 442 valence electrons. The normalized spacial score (nSPS) is 21.1. The van der Waals surface area contributed by atoms with Crippen molar-refractivity contribution in [3.63, 3.8) is 0 Å². The molecule has 74 heavy (non-hydrogen) atoms. The molecule has 0 aromatic heterocycles. The number of piperazine rings is 1. The second-order valence-electron chi connectivity index (χ2n) is 24.1. The summed E-state index contributed by atoms with van der Waals surface area (Å²) in [5.74, 6) is 0.413. The molecule has 0 aliphatic carbocycles. The maximum Gasteiger partial charge on any atom is 0.188 e. The molecule has 0 amide bonds. The third-order valence-corrected chi connectivity index (χ3v) is 16.3. The summed E-state index contributed by atoms with van der Waals surface area (Å²) in [6.45, 7) is 48.1. The van der Waals surface area contributed by atoms with Crippen LogP contribution >= 0.6 is 0 Å². The van der Waals surface area contributed by atoms with Gasteiger partial charge in [-0.05, 0) is 229 Å². The van der Waals surface area contributed by atoms with E-state index in [1.54, 1.807) is 0 Å². The summed E-state index contributed by atoms with van der Waals surface area (Å²) >= 11 is 0. The molecule has 6 rings (SSSR count). The first-order valence-corrected chi connectivity index (χ1v) is 29.8. The molecule has 17 nitrogen and oxygen atoms in total. The zero-order valence-electron chi connectivity index (χ0n) is 52.2. The fraction of sp³-hybridized carbons (Fsp3) is 0.965. The van der Waals surface area contributed by atoms with Gasteiger partial charge in [-0.15, -0.1) is 0 Å². The van der Waals surface area contributed by atoms with E-state index in [4.69, 9.17) is 28.3 Å². The lowest BCUT2D eigenvalue weighted by Crippen LogP contribution is -2.49. The van der Waals surface area contributed by atoms with Crippen molar-refractivity contribution in [2.45, 2.75) is 234 Å². The van der Waals surface area contributed by atoms with Crippen molar-refractivity contribution in [1.29, 1.82) is 5.41 Å². The molecule has 6 aliphatic heterocycles. The second-order valence-corrected chi connectivity index (χ2v) is 24.1. The highest BCUT2D eigenvalue weighted by atomic mass is 15.3. The lowest BCUT2D eigenvalue weighted by atomic mass is 10.0. The van der Waals surface area contributed by atoms with Gasteiger partial charge in [0.25, 0.3) is 0 Å². The molecule has 0 saturated carbocycles. The monoisotopic (exact) mass is 1050 g/mol. The zero-order chi connectivity index (χ0) is 56.5. The van der Waals surface area contributed by atoms with Crippen LogP contribution in [0.4, 0.5) is 0 Å². The summed E-state index contributed by atoms with van der Waals surface area (Å²) in [5, 5.41) is 17.4. The number of piperidine rings is 5. The Kier molecular flexibility index (Phi) is 40.1. The van der Waals surface area contributed by atoms with Crippen LogP contribution in [0.1, 0.15) is 161 Å². The molecular weight excluding hydrogens is 923 g/mol. The van der Waals surface area contributed by atoms with Crippen molar-refractivity contribution in [1.82, 2.24) is 55.1 Å². The van der Waals surface area contributed by atoms with E-state index in [0.29, 0.717) is 42.3 Å². The van der Waals surface area contributed by atoms with E-state index in [9.17, 15) is 0 Å². The summed E-state index contributed by atoms with van der Waals surface area (Å²) in [7, 11) is 10.2. The van der Waals surface area contributed by atoms with Crippen LogP contribution < -0.4 is 38.9 Å². The Labute approximate surface area is 459 Å². The van der Waals surface area contributed by atoms with Gasteiger partial charge in [-0.25, -0.2) is 0 Å². The molecule has 0 aromatic carbocycles. The number of hydrogen-bond donors (Lipinski definition) is 8. The minimum absolute atomic E-state index is 0.188. The number of guanidine groups is 2. The van der Waals surface area contributed by atoms with Gasteiger partial charge in [0, 0.05) is 126 Å². The molecule has 0 unspecified atom stereocenters. The Bertz CT molecular complexity index is 1290. The second kappa shape index (κ2) is 41.2. The number of rotatable bonds is 11. The average molecular weight is 1050 g/mol. The predicted molar refractivity (Wildman–Crippen MR) is 325 cm³/mol. The quantitative estimate of drug-likeness (QED) is 0.101. The third kappa shape index (κ3) is 33.4. The topological polar surface area (TPSA) is 202 Å². The highest BCUT2D eigenvalue weighted by Gasteiger charge is 2.25. The van der Waals surface area contributed by atoms with Crippen LogP contribution in [0.15, 0.2) is 4.99 Å². The standard InChI is InChI=1S/C10H22N4.C9H20N4.2C9H20N2.C8H18N2.C7H16N2.C5H13N/c1-8(2)14-6-4-9(5-7-14)13(3)10(11)12;1-7(2)13-5-3-8(4-6-13)12-9(10)11;2*1-8(2)11-6-4-9(10-3)5-7-11;1-7(2)10-5-3-8(9)4-6-10;1-7(2)9-5-3-8-4-6-9;1-5(2)6(3)4/h8-9H,4-7H2,1-3H3,(H3,11,12);7-8H,3-6H2,1-2H3,(H4,10,11,12);2*8-10H,4-7H2,1-3H3;7-8H,3-6,9H2,1-2H3;7-8H,3-6H2,1-2H3;5H,1-4H3. The molecule has 17 heteroatoms. The Hall–Kier alpha value is -1.90. The van der Waals surface area contributed by atoms with Gasteiger partial charge in [-0.2, -0.15) is 0 Å². The van der Waals surface area contributed by atoms with Crippen molar-refractivity contribution in [3.8, 4) is 0 Å². The summed E-state index contributed by atoms with van der Waals surface area (Å²) in [4.78, 5) is 23.2. The molecule has 0 atom stereocenters. The van der Waals surface area contributed by atoms with Crippen LogP contribution in [0.2, 0.25) is 0 Å². The van der Waals surface area contributed by atoms with Crippen LogP contribution in [0.5, 0.6) is 0 Å². The molecule has 0 bridgehead atoms. The van der Waals surface area contributed by atoms with Crippen LogP contribution in [-0.2, 0) is 0 Å². The average Bonchev–Trinajstić information content (AvgIpc) is 3.37. The zero-order valence-corrected chi connectivity index (χ0v) is 52.2. The summed E-state index contributed by atoms with van der Waals surface area (Å²) in [6, 6.07) is 7.66. The Morgan fingerprint density at radius 1 is 0.473 bits per heavy atom. The first kappa shape index (κ1) is 72.1. The molecule has 12 N–H and O–H groups in total. The van der Waals surface area contributed by atoms with Crippen LogP contribution in [0.3, 0.4) is 0 Å². The number of hydrogen-bond acceptors (Lipinski definition) is 13. The van der Waals surface area contributed by atoms with Crippen molar-refractivity contribution in [2.24, 2.45) is 27.9 Å². The minimum Gasteiger partial charge on any atom is -0.370 e. The van der Waals surface area contributed by atoms with E-state index < -0.39 is 0 Å². The van der Waals surface area contributed by atoms with E-state index in [1.165, 1.54) is 90.9 Å². The lowest BCUT2D eigenvalue weighted by Gasteiger charge is -2.38. The predicted octanol–water partition coefficient (Wildman–Crippen LogP) is 5.05. The van der Waals surface area contributed by atoms with E-state index in [0.717, 1.165) is 95.2 Å². The van der Waals surface area contributed by atoms with Gasteiger partial charge in [0.2, 0.25) is 0 Å². The number of likely N-dealkylation sites (tertiary alicyclic amines) is 5. The Balaban J connectivity index is 0.000000850. The molecule has 0 radical (unpaired) electrons. The fourth-order valence-corrected chi connectivity index (χ4v) is 9.77. The Morgan fingerprint density at radius 2 is 0.743 bits per heavy atom. The highest BCUT2D eigenvalue weighted by molar-refractivity contribution is 5.76. The first-order chi connectivity index (χ1) is 34.7. The fourth-order valence-electron chi connectivity index (χ4n) is 9.77. The van der Waals surface area contributed by atoms with Gasteiger partial charge in [0.15, 0.2) is 11.9 Å². The highest BCUT2D eigenvalue weighted by Crippen LogP contribution is 2.18. The number of nitrogens with one attached hydrogen (secondary N) is 4. The van der Waals surface area contributed by atoms with E-state index >= 15 is 0 Å². The SMILES string of the molecule is CC(C)N(C)C.CC(C)N1CCC(N(C)C(=N)N)CC1.CC(C)N1CCC(N)CC1.CC(C)N1CCC(N=C(N)N)CC1.CC(C)N1CCNCC1.CNC1CCN(C(C)C)CC1.CNC1CCN(C(C)C)CC1. The summed E-state index contributed by atoms with van der Waals surface area (Å²) in [5.41, 5.74) is 21.9. The van der Waals surface area contributed by atoms with Crippen molar-refractivity contribution in [2.75, 3.05) is 127 Å². The van der Waals surface area contributed by atoms with Gasteiger partial charge in [-0.1, -0.05) is 0 Å². The molecular formula is C57H129N17. The summed E-state index contributed by atoms with van der Waals surface area (Å²) in [6.07, 6.45) is 12.0. The van der Waals surface area contributed by atoms with Gasteiger partial charge in [-0.3, -0.25) is 15.3 Å². The van der Waals surface area contributed by atoms with E-state index in [-0.39, 0.29) is 11.9 Å². The van der Waals surface area contributed by atoms with Crippen LogP contribution in [0, 0.1) is 5.41 Å². The van der Waals surface area contributed by atoms with E-state index in [1.807, 2.05) is 11.9 Å². The number of aliphatic imine (C=N–C) groups is 1. The molecule has 0 aromatic rings. The molecule has 6 fully saturated rings.